The van der Waals surface area contributed by atoms with Crippen molar-refractivity contribution < 1.29 is 23.6 Å². The van der Waals surface area contributed by atoms with E-state index in [-0.39, 0.29) is 0 Å². The molecule has 7 nitrogen and oxygen atoms in total. The van der Waals surface area contributed by atoms with Gasteiger partial charge in [0.2, 0.25) is 0 Å². The van der Waals surface area contributed by atoms with Crippen LogP contribution >= 0.6 is 69.0 Å². The van der Waals surface area contributed by atoms with Crippen LogP contribution in [-0.4, -0.2) is 18.0 Å². The molecule has 0 spiro atoms. The summed E-state index contributed by atoms with van der Waals surface area (Å²) < 4.78 is 12.9. The Morgan fingerprint density at radius 1 is 1.07 bits per heavy atom. The highest BCUT2D eigenvalue weighted by Gasteiger charge is 2.22. The van der Waals surface area contributed by atoms with Crippen molar-refractivity contribution in [2.75, 3.05) is 0 Å². The summed E-state index contributed by atoms with van der Waals surface area (Å²) >= 11 is 4.03. The molecule has 2 amide bonds. The molecule has 0 saturated carbocycles. The van der Waals surface area contributed by atoms with Gasteiger partial charge in [-0.2, -0.15) is 0 Å². The molecule has 0 radical (unpaired) electrons. The quantitative estimate of drug-likeness (QED) is 0.189. The van der Waals surface area contributed by atoms with Gasteiger partial charge in [-0.1, -0.05) is 0 Å². The van der Waals surface area contributed by atoms with Crippen LogP contribution in [0.4, 0.5) is 4.79 Å². The third kappa shape index (κ3) is 5.69. The SMILES string of the molecule is O=C(NC(=O)/C(=C\OI)C(=O)OI)OI. The van der Waals surface area contributed by atoms with E-state index < -0.39 is 23.5 Å². The smallest absolute Gasteiger partial charge is 0.423 e. The normalized spacial score (nSPS) is 10.2. The van der Waals surface area contributed by atoms with Crippen molar-refractivity contribution in [2.45, 2.75) is 0 Å². The molecule has 10 heteroatoms. The molecule has 0 saturated heterocycles. The van der Waals surface area contributed by atoms with Crippen LogP contribution in [0.3, 0.4) is 0 Å². The highest BCUT2D eigenvalue weighted by atomic mass is 127. The fourth-order valence-electron chi connectivity index (χ4n) is 0.460. The second-order valence-electron chi connectivity index (χ2n) is 1.80. The number of imide groups is 1. The van der Waals surface area contributed by atoms with E-state index in [9.17, 15) is 14.4 Å². The van der Waals surface area contributed by atoms with E-state index in [2.05, 4.69) is 9.20 Å². The summed E-state index contributed by atoms with van der Waals surface area (Å²) in [5.74, 6) is -1.92. The molecule has 0 heterocycles. The predicted octanol–water partition coefficient (Wildman–Crippen LogP) is 1.73. The number of rotatable bonds is 3. The molecule has 0 aliphatic heterocycles. The molecule has 0 bridgehead atoms. The van der Waals surface area contributed by atoms with Crippen LogP contribution in [0.1, 0.15) is 0 Å². The minimum atomic E-state index is -0.999. The van der Waals surface area contributed by atoms with Gasteiger partial charge in [-0.05, 0) is 0 Å². The number of hydrogen-bond acceptors (Lipinski definition) is 6. The Morgan fingerprint density at radius 3 is 2.07 bits per heavy atom. The van der Waals surface area contributed by atoms with E-state index >= 15 is 0 Å². The molecule has 0 aromatic rings. The summed E-state index contributed by atoms with van der Waals surface area (Å²) in [5.41, 5.74) is -0.458. The van der Waals surface area contributed by atoms with Crippen LogP contribution in [0.5, 0.6) is 0 Å². The Balaban J connectivity index is 4.65. The molecule has 0 aromatic carbocycles. The number of carbonyl (C=O) groups is 3. The van der Waals surface area contributed by atoms with E-state index in [1.54, 1.807) is 5.32 Å². The molecule has 0 rings (SSSR count). The van der Waals surface area contributed by atoms with Crippen molar-refractivity contribution in [1.82, 2.24) is 5.32 Å². The van der Waals surface area contributed by atoms with Gasteiger partial charge < -0.3 is 9.20 Å². The molecule has 0 unspecified atom stereocenters. The van der Waals surface area contributed by atoms with Gasteiger partial charge in [0.15, 0.2) is 74.6 Å². The van der Waals surface area contributed by atoms with Gasteiger partial charge in [-0.25, -0.2) is 9.59 Å². The summed E-state index contributed by atoms with van der Waals surface area (Å²) in [5, 5.41) is 1.77. The Bertz CT molecular complexity index is 303. The van der Waals surface area contributed by atoms with Crippen molar-refractivity contribution in [3.8, 4) is 0 Å². The Morgan fingerprint density at radius 2 is 1.67 bits per heavy atom. The number of hydrogen-bond donors (Lipinski definition) is 1. The highest BCUT2D eigenvalue weighted by Crippen LogP contribution is 2.05. The van der Waals surface area contributed by atoms with Gasteiger partial charge >= 0.3 is 12.1 Å². The fraction of sp³-hybridized carbons (Fsp3) is 0. The zero-order valence-electron chi connectivity index (χ0n) is 6.66. The van der Waals surface area contributed by atoms with Gasteiger partial charge in [0.25, 0.3) is 5.91 Å². The van der Waals surface area contributed by atoms with Crippen LogP contribution in [0.2, 0.25) is 0 Å². The molecule has 84 valence electrons. The zero-order chi connectivity index (χ0) is 11.8. The molecular weight excluding hydrogens is 551 g/mol. The first-order chi connectivity index (χ1) is 7.06. The van der Waals surface area contributed by atoms with Crippen LogP contribution < -0.4 is 5.32 Å². The fourth-order valence-corrected chi connectivity index (χ4v) is 1.06. The summed E-state index contributed by atoms with van der Waals surface area (Å²) in [6, 6.07) is 0. The number of carbonyl (C=O) groups excluding carboxylic acids is 3. The van der Waals surface area contributed by atoms with Crippen molar-refractivity contribution in [3.63, 3.8) is 0 Å². The van der Waals surface area contributed by atoms with Crippen molar-refractivity contribution >= 4 is 87.0 Å². The topological polar surface area (TPSA) is 90.9 Å². The lowest BCUT2D eigenvalue weighted by molar-refractivity contribution is -0.130. The Kier molecular flexibility index (Phi) is 8.39. The zero-order valence-corrected chi connectivity index (χ0v) is 13.1. The van der Waals surface area contributed by atoms with E-state index in [1.807, 2.05) is 0 Å². The average Bonchev–Trinajstić information content (AvgIpc) is 2.24. The molecule has 0 atom stereocenters. The van der Waals surface area contributed by atoms with Gasteiger partial charge in [-0.3, -0.25) is 10.1 Å². The monoisotopic (exact) mass is 553 g/mol. The number of amides is 2. The molecule has 1 N–H and O–H groups in total. The first kappa shape index (κ1) is 15.1. The summed E-state index contributed by atoms with van der Waals surface area (Å²) in [6.07, 6.45) is -0.154. The summed E-state index contributed by atoms with van der Waals surface area (Å²) in [4.78, 5) is 32.9. The average molecular weight is 553 g/mol. The lowest BCUT2D eigenvalue weighted by atomic mass is 10.3. The summed E-state index contributed by atoms with van der Waals surface area (Å²) in [7, 11) is 0. The lowest BCUT2D eigenvalue weighted by Gasteiger charge is -2.02. The van der Waals surface area contributed by atoms with Crippen LogP contribution in [0.15, 0.2) is 11.8 Å². The first-order valence-electron chi connectivity index (χ1n) is 3.01. The third-order valence-corrected chi connectivity index (χ3v) is 2.04. The molecule has 0 aliphatic carbocycles. The Hall–Kier alpha value is 0.140. The molecule has 15 heavy (non-hydrogen) atoms. The predicted molar refractivity (Wildman–Crippen MR) is 71.9 cm³/mol. The maximum Gasteiger partial charge on any atom is 0.423 e. The highest BCUT2D eigenvalue weighted by molar-refractivity contribution is 14.1. The maximum absolute atomic E-state index is 11.2. The van der Waals surface area contributed by atoms with Crippen molar-refractivity contribution in [3.05, 3.63) is 11.8 Å². The largest absolute Gasteiger partial charge is 0.435 e. The molecule has 0 aromatic heterocycles. The van der Waals surface area contributed by atoms with Gasteiger partial charge in [0, 0.05) is 0 Å². The van der Waals surface area contributed by atoms with Crippen LogP contribution in [0.25, 0.3) is 0 Å². The lowest BCUT2D eigenvalue weighted by Crippen LogP contribution is -2.33. The van der Waals surface area contributed by atoms with Gasteiger partial charge in [0.05, 0.1) is 0 Å². The molecule has 0 fully saturated rings. The maximum atomic E-state index is 11.2. The number of halogens is 3. The molecular formula is C5H2I3NO6. The third-order valence-electron chi connectivity index (χ3n) is 0.983. The number of nitrogens with one attached hydrogen (secondary N) is 1. The molecule has 0 aliphatic rings. The van der Waals surface area contributed by atoms with E-state index in [1.165, 1.54) is 69.0 Å². The first-order valence-corrected chi connectivity index (χ1v) is 5.65. The van der Waals surface area contributed by atoms with Crippen LogP contribution in [0, 0.1) is 0 Å². The van der Waals surface area contributed by atoms with Gasteiger partial charge in [0.1, 0.15) is 6.26 Å². The van der Waals surface area contributed by atoms with Gasteiger partial charge in [-0.15, -0.1) is 0 Å². The summed E-state index contributed by atoms with van der Waals surface area (Å²) in [6.45, 7) is 0. The van der Waals surface area contributed by atoms with Crippen LogP contribution in [-0.2, 0) is 18.8 Å². The van der Waals surface area contributed by atoms with E-state index in [0.29, 0.717) is 0 Å². The van der Waals surface area contributed by atoms with E-state index in [4.69, 9.17) is 0 Å². The Labute approximate surface area is 126 Å². The van der Waals surface area contributed by atoms with Crippen molar-refractivity contribution in [2.24, 2.45) is 0 Å². The minimum Gasteiger partial charge on any atom is -0.435 e. The van der Waals surface area contributed by atoms with Crippen molar-refractivity contribution in [1.29, 1.82) is 0 Å². The second-order valence-corrected chi connectivity index (χ2v) is 3.19. The standard InChI is InChI=1S/C5H2I3NO6/c6-13-1-2(4(11)14-7)3(10)9-5(12)15-8/h1H,(H,9,10,12)/b2-1+. The van der Waals surface area contributed by atoms with E-state index in [0.717, 1.165) is 6.26 Å². The minimum absolute atomic E-state index is 0.458. The second kappa shape index (κ2) is 8.31.